The summed E-state index contributed by atoms with van der Waals surface area (Å²) in [4.78, 5) is 6.40. The minimum Gasteiger partial charge on any atom is -0.497 e. The lowest BCUT2D eigenvalue weighted by atomic mass is 10.1. The third-order valence-electron chi connectivity index (χ3n) is 3.69. The molecule has 0 bridgehead atoms. The van der Waals surface area contributed by atoms with Crippen LogP contribution in [0.15, 0.2) is 28.8 Å². The van der Waals surface area contributed by atoms with Gasteiger partial charge in [-0.3, -0.25) is 4.90 Å². The second-order valence-corrected chi connectivity index (χ2v) is 6.09. The minimum absolute atomic E-state index is 0.00974. The summed E-state index contributed by atoms with van der Waals surface area (Å²) in [6.45, 7) is 4.74. The van der Waals surface area contributed by atoms with Gasteiger partial charge in [-0.25, -0.2) is 0 Å². The summed E-state index contributed by atoms with van der Waals surface area (Å²) in [6.07, 6.45) is 0.801. The Hall–Kier alpha value is -1.92. The molecule has 23 heavy (non-hydrogen) atoms. The van der Waals surface area contributed by atoms with Gasteiger partial charge in [0.2, 0.25) is 5.89 Å². The van der Waals surface area contributed by atoms with Gasteiger partial charge in [-0.15, -0.1) is 0 Å². The number of aromatic nitrogens is 2. The Morgan fingerprint density at radius 2 is 1.96 bits per heavy atom. The number of rotatable bonds is 8. The van der Waals surface area contributed by atoms with Gasteiger partial charge >= 0.3 is 0 Å². The van der Waals surface area contributed by atoms with Crippen LogP contribution in [0.25, 0.3) is 0 Å². The summed E-state index contributed by atoms with van der Waals surface area (Å²) < 4.78 is 10.5. The molecule has 0 aliphatic rings. The number of hydrogen-bond donors (Lipinski definition) is 1. The highest BCUT2D eigenvalue weighted by atomic mass is 16.5. The molecule has 1 aromatic heterocycles. The van der Waals surface area contributed by atoms with E-state index < -0.39 is 0 Å². The van der Waals surface area contributed by atoms with Crippen molar-refractivity contribution >= 4 is 0 Å². The van der Waals surface area contributed by atoms with Gasteiger partial charge in [0.05, 0.1) is 26.3 Å². The SMILES string of the molecule is COc1ccc(C(CO)N(C)Cc2nc(CC(C)C)no2)cc1. The van der Waals surface area contributed by atoms with Crippen molar-refractivity contribution in [2.45, 2.75) is 32.9 Å². The molecule has 1 N–H and O–H groups in total. The minimum atomic E-state index is -0.138. The predicted octanol–water partition coefficient (Wildman–Crippen LogP) is 2.44. The highest BCUT2D eigenvalue weighted by Gasteiger charge is 2.19. The number of likely N-dealkylation sites (N-methyl/N-ethyl adjacent to an activating group) is 1. The molecular formula is C17H25N3O3. The summed E-state index contributed by atoms with van der Waals surface area (Å²) in [5.74, 6) is 2.58. The van der Waals surface area contributed by atoms with Gasteiger partial charge in [0.25, 0.3) is 0 Å². The highest BCUT2D eigenvalue weighted by Crippen LogP contribution is 2.23. The molecule has 1 unspecified atom stereocenters. The van der Waals surface area contributed by atoms with E-state index in [9.17, 15) is 5.11 Å². The quantitative estimate of drug-likeness (QED) is 0.806. The molecule has 1 atom stereocenters. The maximum Gasteiger partial charge on any atom is 0.240 e. The van der Waals surface area contributed by atoms with Crippen molar-refractivity contribution in [1.29, 1.82) is 0 Å². The first-order chi connectivity index (χ1) is 11.0. The summed E-state index contributed by atoms with van der Waals surface area (Å²) in [5.41, 5.74) is 1.01. The van der Waals surface area contributed by atoms with Crippen molar-refractivity contribution < 1.29 is 14.4 Å². The smallest absolute Gasteiger partial charge is 0.240 e. The van der Waals surface area contributed by atoms with E-state index in [1.54, 1.807) is 7.11 Å². The Morgan fingerprint density at radius 1 is 1.26 bits per heavy atom. The van der Waals surface area contributed by atoms with E-state index in [4.69, 9.17) is 9.26 Å². The fraction of sp³-hybridized carbons (Fsp3) is 0.529. The zero-order valence-electron chi connectivity index (χ0n) is 14.2. The Kier molecular flexibility index (Phi) is 6.12. The van der Waals surface area contributed by atoms with E-state index in [-0.39, 0.29) is 12.6 Å². The number of hydrogen-bond acceptors (Lipinski definition) is 6. The Balaban J connectivity index is 2.04. The summed E-state index contributed by atoms with van der Waals surface area (Å²) in [5, 5.41) is 13.7. The van der Waals surface area contributed by atoms with Gasteiger partial charge in [0.15, 0.2) is 5.82 Å². The van der Waals surface area contributed by atoms with E-state index in [1.165, 1.54) is 0 Å². The van der Waals surface area contributed by atoms with Gasteiger partial charge < -0.3 is 14.4 Å². The zero-order valence-corrected chi connectivity index (χ0v) is 14.2. The van der Waals surface area contributed by atoms with Crippen LogP contribution in [0.3, 0.4) is 0 Å². The van der Waals surface area contributed by atoms with Crippen LogP contribution in [0.1, 0.15) is 37.2 Å². The van der Waals surface area contributed by atoms with Crippen molar-refractivity contribution in [3.8, 4) is 5.75 Å². The first-order valence-electron chi connectivity index (χ1n) is 7.80. The lowest BCUT2D eigenvalue weighted by Gasteiger charge is -2.25. The number of methoxy groups -OCH3 is 1. The topological polar surface area (TPSA) is 71.6 Å². The Morgan fingerprint density at radius 3 is 2.52 bits per heavy atom. The molecule has 2 rings (SSSR count). The second kappa shape index (κ2) is 8.08. The molecule has 2 aromatic rings. The Bertz CT molecular complexity index is 595. The third kappa shape index (κ3) is 4.77. The molecule has 0 aliphatic carbocycles. The number of ether oxygens (including phenoxy) is 1. The van der Waals surface area contributed by atoms with E-state index in [1.807, 2.05) is 36.2 Å². The summed E-state index contributed by atoms with van der Waals surface area (Å²) in [6, 6.07) is 7.54. The normalized spacial score (nSPS) is 12.8. The van der Waals surface area contributed by atoms with Crippen LogP contribution in [0, 0.1) is 5.92 Å². The van der Waals surface area contributed by atoms with Crippen LogP contribution in [0.2, 0.25) is 0 Å². The van der Waals surface area contributed by atoms with E-state index >= 15 is 0 Å². The lowest BCUT2D eigenvalue weighted by Crippen LogP contribution is -2.27. The van der Waals surface area contributed by atoms with Crippen LogP contribution in [-0.4, -0.2) is 40.9 Å². The summed E-state index contributed by atoms with van der Waals surface area (Å²) >= 11 is 0. The van der Waals surface area contributed by atoms with Gasteiger partial charge in [-0.2, -0.15) is 4.98 Å². The molecule has 1 aromatic carbocycles. The number of aliphatic hydroxyl groups is 1. The van der Waals surface area contributed by atoms with Crippen molar-refractivity contribution in [3.05, 3.63) is 41.5 Å². The van der Waals surface area contributed by atoms with Crippen LogP contribution in [0.4, 0.5) is 0 Å². The van der Waals surface area contributed by atoms with Gasteiger partial charge in [-0.1, -0.05) is 31.1 Å². The molecule has 6 heteroatoms. The molecular weight excluding hydrogens is 294 g/mol. The fourth-order valence-electron chi connectivity index (χ4n) is 2.45. The molecule has 0 radical (unpaired) electrons. The van der Waals surface area contributed by atoms with Crippen molar-refractivity contribution in [2.75, 3.05) is 20.8 Å². The molecule has 0 fully saturated rings. The number of aliphatic hydroxyl groups excluding tert-OH is 1. The Labute approximate surface area is 137 Å². The van der Waals surface area contributed by atoms with Gasteiger partial charge in [0, 0.05) is 6.42 Å². The van der Waals surface area contributed by atoms with Crippen molar-refractivity contribution in [3.63, 3.8) is 0 Å². The second-order valence-electron chi connectivity index (χ2n) is 6.09. The fourth-order valence-corrected chi connectivity index (χ4v) is 2.45. The van der Waals surface area contributed by atoms with Crippen molar-refractivity contribution in [1.82, 2.24) is 15.0 Å². The molecule has 0 saturated carbocycles. The largest absolute Gasteiger partial charge is 0.497 e. The van der Waals surface area contributed by atoms with Crippen LogP contribution in [0.5, 0.6) is 5.75 Å². The number of benzene rings is 1. The average Bonchev–Trinajstić information content (AvgIpc) is 2.94. The van der Waals surface area contributed by atoms with E-state index in [0.717, 1.165) is 23.6 Å². The molecule has 0 amide bonds. The van der Waals surface area contributed by atoms with E-state index in [0.29, 0.717) is 18.4 Å². The van der Waals surface area contributed by atoms with Crippen LogP contribution >= 0.6 is 0 Å². The molecule has 126 valence electrons. The predicted molar refractivity (Wildman–Crippen MR) is 87.1 cm³/mol. The monoisotopic (exact) mass is 319 g/mol. The van der Waals surface area contributed by atoms with Crippen LogP contribution in [-0.2, 0) is 13.0 Å². The van der Waals surface area contributed by atoms with Crippen LogP contribution < -0.4 is 4.74 Å². The zero-order chi connectivity index (χ0) is 16.8. The third-order valence-corrected chi connectivity index (χ3v) is 3.69. The first-order valence-corrected chi connectivity index (χ1v) is 7.80. The number of nitrogens with zero attached hydrogens (tertiary/aromatic N) is 3. The maximum atomic E-state index is 9.74. The molecule has 0 spiro atoms. The molecule has 6 nitrogen and oxygen atoms in total. The highest BCUT2D eigenvalue weighted by molar-refractivity contribution is 5.29. The van der Waals surface area contributed by atoms with E-state index in [2.05, 4.69) is 24.0 Å². The molecule has 1 heterocycles. The molecule has 0 saturated heterocycles. The standard InChI is InChI=1S/C17H25N3O3/c1-12(2)9-16-18-17(23-19-16)10-20(3)15(11-21)13-5-7-14(22-4)8-6-13/h5-8,12,15,21H,9-11H2,1-4H3. The first kappa shape index (κ1) is 17.4. The van der Waals surface area contributed by atoms with Gasteiger partial charge in [-0.05, 0) is 30.7 Å². The average molecular weight is 319 g/mol. The maximum absolute atomic E-state index is 9.74. The van der Waals surface area contributed by atoms with Gasteiger partial charge in [0.1, 0.15) is 5.75 Å². The molecule has 0 aliphatic heterocycles. The summed E-state index contributed by atoms with van der Waals surface area (Å²) in [7, 11) is 3.56. The lowest BCUT2D eigenvalue weighted by molar-refractivity contribution is 0.131. The van der Waals surface area contributed by atoms with Crippen molar-refractivity contribution in [2.24, 2.45) is 5.92 Å².